The SMILES string of the molecule is O=C(c1ccccn1)N1CCC(c2nc(-c3cccnn3)no2)CC1. The average molecular weight is 336 g/mol. The monoisotopic (exact) mass is 336 g/mol. The summed E-state index contributed by atoms with van der Waals surface area (Å²) in [6.07, 6.45) is 4.78. The number of hydrogen-bond acceptors (Lipinski definition) is 7. The summed E-state index contributed by atoms with van der Waals surface area (Å²) in [5.41, 5.74) is 1.06. The van der Waals surface area contributed by atoms with Crippen molar-refractivity contribution in [3.8, 4) is 11.5 Å². The van der Waals surface area contributed by atoms with Gasteiger partial charge in [-0.25, -0.2) is 0 Å². The van der Waals surface area contributed by atoms with Crippen LogP contribution in [-0.4, -0.2) is 49.2 Å². The van der Waals surface area contributed by atoms with Gasteiger partial charge < -0.3 is 9.42 Å². The fraction of sp³-hybridized carbons (Fsp3) is 0.294. The molecule has 0 bridgehead atoms. The van der Waals surface area contributed by atoms with E-state index in [1.165, 1.54) is 0 Å². The zero-order chi connectivity index (χ0) is 17.1. The summed E-state index contributed by atoms with van der Waals surface area (Å²) in [5.74, 6) is 1.14. The van der Waals surface area contributed by atoms with Crippen molar-refractivity contribution >= 4 is 5.91 Å². The predicted molar refractivity (Wildman–Crippen MR) is 87.4 cm³/mol. The molecule has 126 valence electrons. The van der Waals surface area contributed by atoms with Gasteiger partial charge in [-0.3, -0.25) is 9.78 Å². The topological polar surface area (TPSA) is 97.9 Å². The van der Waals surface area contributed by atoms with Gasteiger partial charge in [-0.2, -0.15) is 10.1 Å². The Morgan fingerprint density at radius 2 is 2.00 bits per heavy atom. The van der Waals surface area contributed by atoms with Crippen LogP contribution in [0.1, 0.15) is 35.1 Å². The predicted octanol–water partition coefficient (Wildman–Crippen LogP) is 1.94. The molecule has 0 aromatic carbocycles. The van der Waals surface area contributed by atoms with Gasteiger partial charge in [0, 0.05) is 31.4 Å². The van der Waals surface area contributed by atoms with Gasteiger partial charge in [0.1, 0.15) is 11.4 Å². The Hall–Kier alpha value is -3.16. The van der Waals surface area contributed by atoms with E-state index in [0.717, 1.165) is 12.8 Å². The number of piperidine rings is 1. The molecule has 8 heteroatoms. The highest BCUT2D eigenvalue weighted by molar-refractivity contribution is 5.92. The molecule has 3 aromatic rings. The van der Waals surface area contributed by atoms with E-state index in [4.69, 9.17) is 4.52 Å². The van der Waals surface area contributed by atoms with Gasteiger partial charge in [0.15, 0.2) is 0 Å². The van der Waals surface area contributed by atoms with E-state index in [9.17, 15) is 4.79 Å². The lowest BCUT2D eigenvalue weighted by Gasteiger charge is -2.30. The molecular formula is C17H16N6O2. The van der Waals surface area contributed by atoms with E-state index in [1.54, 1.807) is 36.7 Å². The van der Waals surface area contributed by atoms with Gasteiger partial charge in [0.2, 0.25) is 11.7 Å². The van der Waals surface area contributed by atoms with E-state index in [0.29, 0.717) is 36.2 Å². The van der Waals surface area contributed by atoms with Crippen molar-refractivity contribution in [2.24, 2.45) is 0 Å². The van der Waals surface area contributed by atoms with Crippen LogP contribution in [0.25, 0.3) is 11.5 Å². The first kappa shape index (κ1) is 15.4. The highest BCUT2D eigenvalue weighted by Crippen LogP contribution is 2.28. The van der Waals surface area contributed by atoms with Crippen LogP contribution in [0.15, 0.2) is 47.2 Å². The number of rotatable bonds is 3. The Labute approximate surface area is 143 Å². The fourth-order valence-corrected chi connectivity index (χ4v) is 2.91. The molecular weight excluding hydrogens is 320 g/mol. The third-order valence-electron chi connectivity index (χ3n) is 4.26. The van der Waals surface area contributed by atoms with E-state index in [2.05, 4.69) is 25.3 Å². The van der Waals surface area contributed by atoms with Crippen molar-refractivity contribution in [3.05, 3.63) is 54.3 Å². The molecule has 4 rings (SSSR count). The third-order valence-corrected chi connectivity index (χ3v) is 4.26. The largest absolute Gasteiger partial charge is 0.339 e. The molecule has 1 saturated heterocycles. The lowest BCUT2D eigenvalue weighted by Crippen LogP contribution is -2.38. The maximum absolute atomic E-state index is 12.4. The van der Waals surface area contributed by atoms with Crippen LogP contribution >= 0.6 is 0 Å². The molecule has 0 saturated carbocycles. The summed E-state index contributed by atoms with van der Waals surface area (Å²) in [4.78, 5) is 22.8. The fourth-order valence-electron chi connectivity index (χ4n) is 2.91. The summed E-state index contributed by atoms with van der Waals surface area (Å²) in [6.45, 7) is 1.28. The molecule has 1 fully saturated rings. The molecule has 0 radical (unpaired) electrons. The second kappa shape index (κ2) is 6.76. The van der Waals surface area contributed by atoms with E-state index in [1.807, 2.05) is 11.0 Å². The number of carbonyl (C=O) groups is 1. The first-order valence-corrected chi connectivity index (χ1v) is 8.13. The number of likely N-dealkylation sites (tertiary alicyclic amines) is 1. The first-order valence-electron chi connectivity index (χ1n) is 8.13. The number of hydrogen-bond donors (Lipinski definition) is 0. The van der Waals surface area contributed by atoms with Crippen LogP contribution in [0.5, 0.6) is 0 Å². The summed E-state index contributed by atoms with van der Waals surface area (Å²) >= 11 is 0. The van der Waals surface area contributed by atoms with Crippen molar-refractivity contribution in [3.63, 3.8) is 0 Å². The lowest BCUT2D eigenvalue weighted by molar-refractivity contribution is 0.0698. The van der Waals surface area contributed by atoms with Crippen LogP contribution in [0, 0.1) is 0 Å². The number of pyridine rings is 1. The summed E-state index contributed by atoms with van der Waals surface area (Å²) < 4.78 is 5.39. The van der Waals surface area contributed by atoms with Gasteiger partial charge in [-0.05, 0) is 37.1 Å². The average Bonchev–Trinajstić information content (AvgIpc) is 3.19. The van der Waals surface area contributed by atoms with Crippen LogP contribution in [0.3, 0.4) is 0 Å². The Kier molecular flexibility index (Phi) is 4.16. The van der Waals surface area contributed by atoms with Crippen molar-refractivity contribution in [2.75, 3.05) is 13.1 Å². The highest BCUT2D eigenvalue weighted by Gasteiger charge is 2.28. The number of nitrogens with zero attached hydrogens (tertiary/aromatic N) is 6. The van der Waals surface area contributed by atoms with Crippen LogP contribution in [-0.2, 0) is 0 Å². The molecule has 0 unspecified atom stereocenters. The molecule has 8 nitrogen and oxygen atoms in total. The highest BCUT2D eigenvalue weighted by atomic mass is 16.5. The first-order chi connectivity index (χ1) is 12.3. The minimum atomic E-state index is -0.0372. The van der Waals surface area contributed by atoms with Gasteiger partial charge in [0.05, 0.1) is 0 Å². The Morgan fingerprint density at radius 3 is 2.72 bits per heavy atom. The molecule has 0 N–H and O–H groups in total. The maximum Gasteiger partial charge on any atom is 0.272 e. The van der Waals surface area contributed by atoms with Crippen molar-refractivity contribution in [1.29, 1.82) is 0 Å². The number of carbonyl (C=O) groups excluding carboxylic acids is 1. The number of aromatic nitrogens is 5. The standard InChI is InChI=1S/C17H16N6O2/c24-17(14-4-1-2-8-18-14)23-10-6-12(7-11-23)16-20-15(22-25-16)13-5-3-9-19-21-13/h1-5,8-9,12H,6-7,10-11H2. The van der Waals surface area contributed by atoms with E-state index in [-0.39, 0.29) is 11.8 Å². The van der Waals surface area contributed by atoms with Crippen molar-refractivity contribution < 1.29 is 9.32 Å². The minimum absolute atomic E-state index is 0.0372. The smallest absolute Gasteiger partial charge is 0.272 e. The van der Waals surface area contributed by atoms with Crippen LogP contribution < -0.4 is 0 Å². The molecule has 3 aromatic heterocycles. The normalized spacial score (nSPS) is 15.3. The van der Waals surface area contributed by atoms with Gasteiger partial charge in [0.25, 0.3) is 5.91 Å². The van der Waals surface area contributed by atoms with E-state index < -0.39 is 0 Å². The van der Waals surface area contributed by atoms with Gasteiger partial charge >= 0.3 is 0 Å². The summed E-state index contributed by atoms with van der Waals surface area (Å²) in [7, 11) is 0. The molecule has 25 heavy (non-hydrogen) atoms. The molecule has 0 atom stereocenters. The molecule has 1 aliphatic heterocycles. The van der Waals surface area contributed by atoms with Crippen LogP contribution in [0.4, 0.5) is 0 Å². The van der Waals surface area contributed by atoms with Crippen molar-refractivity contribution in [2.45, 2.75) is 18.8 Å². The number of amides is 1. The Balaban J connectivity index is 1.41. The molecule has 1 aliphatic rings. The zero-order valence-electron chi connectivity index (χ0n) is 13.4. The second-order valence-electron chi connectivity index (χ2n) is 5.85. The molecule has 0 aliphatic carbocycles. The lowest BCUT2D eigenvalue weighted by atomic mass is 9.96. The Morgan fingerprint density at radius 1 is 1.12 bits per heavy atom. The minimum Gasteiger partial charge on any atom is -0.339 e. The van der Waals surface area contributed by atoms with Gasteiger partial charge in [-0.1, -0.05) is 11.2 Å². The Bertz CT molecular complexity index is 844. The van der Waals surface area contributed by atoms with Crippen molar-refractivity contribution in [1.82, 2.24) is 30.2 Å². The molecule has 4 heterocycles. The van der Waals surface area contributed by atoms with Crippen LogP contribution in [0.2, 0.25) is 0 Å². The van der Waals surface area contributed by atoms with E-state index >= 15 is 0 Å². The molecule has 1 amide bonds. The quantitative estimate of drug-likeness (QED) is 0.721. The second-order valence-corrected chi connectivity index (χ2v) is 5.85. The molecule has 0 spiro atoms. The summed E-state index contributed by atoms with van der Waals surface area (Å²) in [5, 5.41) is 11.8. The summed E-state index contributed by atoms with van der Waals surface area (Å²) in [6, 6.07) is 8.92. The third kappa shape index (κ3) is 3.23. The maximum atomic E-state index is 12.4. The zero-order valence-corrected chi connectivity index (χ0v) is 13.4. The van der Waals surface area contributed by atoms with Gasteiger partial charge in [-0.15, -0.1) is 5.10 Å².